The van der Waals surface area contributed by atoms with E-state index in [1.54, 1.807) is 15.3 Å². The number of carbonyl (C=O) groups excluding carboxylic acids is 1. The summed E-state index contributed by atoms with van der Waals surface area (Å²) in [6.45, 7) is 2.89. The van der Waals surface area contributed by atoms with Crippen molar-refractivity contribution in [1.29, 1.82) is 0 Å². The molecule has 30 heavy (non-hydrogen) atoms. The minimum atomic E-state index is -0.409. The number of oxazole rings is 1. The molecule has 0 aliphatic carbocycles. The predicted molar refractivity (Wildman–Crippen MR) is 113 cm³/mol. The molecule has 0 aliphatic rings. The lowest BCUT2D eigenvalue weighted by molar-refractivity contribution is -0.145. The molecule has 4 rings (SSSR count). The van der Waals surface area contributed by atoms with E-state index in [1.807, 2.05) is 61.5 Å². The van der Waals surface area contributed by atoms with Crippen LogP contribution in [0.5, 0.6) is 0 Å². The van der Waals surface area contributed by atoms with E-state index in [1.165, 1.54) is 0 Å². The largest absolute Gasteiger partial charge is 0.456 e. The van der Waals surface area contributed by atoms with Gasteiger partial charge in [-0.05, 0) is 18.6 Å². The average Bonchev–Trinajstić information content (AvgIpc) is 3.35. The maximum Gasteiger partial charge on any atom is 0.329 e. The Morgan fingerprint density at radius 1 is 1.00 bits per heavy atom. The van der Waals surface area contributed by atoms with Crippen LogP contribution in [0.3, 0.4) is 0 Å². The zero-order valence-corrected chi connectivity index (χ0v) is 16.8. The monoisotopic (exact) mass is 405 g/mol. The highest BCUT2D eigenvalue weighted by molar-refractivity contribution is 5.76. The summed E-state index contributed by atoms with van der Waals surface area (Å²) < 4.78 is 14.3. The van der Waals surface area contributed by atoms with Gasteiger partial charge in [-0.25, -0.2) is 9.78 Å². The van der Waals surface area contributed by atoms with Crippen LogP contribution in [0, 0.1) is 0 Å². The SMILES string of the molecule is CCCn1c(=O)n(CCC(=O)OCc2ncc(-c3ccccc3)o2)c2ccccc21. The molecule has 0 aliphatic heterocycles. The first-order chi connectivity index (χ1) is 14.7. The fraction of sp³-hybridized carbons (Fsp3) is 0.261. The number of aryl methyl sites for hydroxylation is 2. The van der Waals surface area contributed by atoms with Crippen molar-refractivity contribution in [2.75, 3.05) is 0 Å². The van der Waals surface area contributed by atoms with Crippen LogP contribution in [0.1, 0.15) is 25.7 Å². The number of rotatable bonds is 8. The Labute approximate surface area is 173 Å². The van der Waals surface area contributed by atoms with Crippen molar-refractivity contribution in [1.82, 2.24) is 14.1 Å². The number of fused-ring (bicyclic) bond motifs is 1. The van der Waals surface area contributed by atoms with E-state index in [0.717, 1.165) is 23.0 Å². The maximum atomic E-state index is 12.8. The minimum Gasteiger partial charge on any atom is -0.456 e. The van der Waals surface area contributed by atoms with Gasteiger partial charge in [-0.1, -0.05) is 49.4 Å². The van der Waals surface area contributed by atoms with Gasteiger partial charge in [-0.15, -0.1) is 0 Å². The van der Waals surface area contributed by atoms with Gasteiger partial charge in [0.05, 0.1) is 23.7 Å². The van der Waals surface area contributed by atoms with Crippen molar-refractivity contribution in [3.63, 3.8) is 0 Å². The number of nitrogens with zero attached hydrogens (tertiary/aromatic N) is 3. The first-order valence-electron chi connectivity index (χ1n) is 10.0. The zero-order valence-electron chi connectivity index (χ0n) is 16.8. The fourth-order valence-corrected chi connectivity index (χ4v) is 3.46. The number of hydrogen-bond acceptors (Lipinski definition) is 5. The molecule has 2 aromatic heterocycles. The zero-order chi connectivity index (χ0) is 20.9. The predicted octanol–water partition coefficient (Wildman–Crippen LogP) is 4.00. The standard InChI is InChI=1S/C23H23N3O4/c1-2-13-25-18-10-6-7-11-19(18)26(23(25)28)14-12-22(27)29-16-21-24-15-20(30-21)17-8-4-3-5-9-17/h3-11,15H,2,12-14,16H2,1H3. The van der Waals surface area contributed by atoms with E-state index < -0.39 is 5.97 Å². The molecular formula is C23H23N3O4. The third kappa shape index (κ3) is 4.05. The first kappa shape index (κ1) is 19.7. The summed E-state index contributed by atoms with van der Waals surface area (Å²) >= 11 is 0. The molecule has 0 N–H and O–H groups in total. The Morgan fingerprint density at radius 2 is 1.67 bits per heavy atom. The summed E-state index contributed by atoms with van der Waals surface area (Å²) in [5.74, 6) is 0.546. The lowest BCUT2D eigenvalue weighted by Crippen LogP contribution is -2.25. The van der Waals surface area contributed by atoms with Crippen LogP contribution in [-0.2, 0) is 29.2 Å². The molecule has 0 atom stereocenters. The Bertz CT molecular complexity index is 1200. The van der Waals surface area contributed by atoms with Gasteiger partial charge in [0.15, 0.2) is 12.4 Å². The van der Waals surface area contributed by atoms with Gasteiger partial charge in [0.1, 0.15) is 0 Å². The Morgan fingerprint density at radius 3 is 2.37 bits per heavy atom. The molecule has 7 heteroatoms. The van der Waals surface area contributed by atoms with Crippen molar-refractivity contribution in [2.45, 2.75) is 39.5 Å². The fourth-order valence-electron chi connectivity index (χ4n) is 3.46. The third-order valence-corrected chi connectivity index (χ3v) is 4.88. The second-order valence-corrected chi connectivity index (χ2v) is 6.97. The smallest absolute Gasteiger partial charge is 0.329 e. The van der Waals surface area contributed by atoms with Gasteiger partial charge in [0.2, 0.25) is 5.89 Å². The van der Waals surface area contributed by atoms with Crippen molar-refractivity contribution in [2.24, 2.45) is 0 Å². The summed E-state index contributed by atoms with van der Waals surface area (Å²) in [6.07, 6.45) is 2.56. The summed E-state index contributed by atoms with van der Waals surface area (Å²) in [6, 6.07) is 17.2. The van der Waals surface area contributed by atoms with Gasteiger partial charge in [0.25, 0.3) is 0 Å². The maximum absolute atomic E-state index is 12.8. The summed E-state index contributed by atoms with van der Waals surface area (Å²) in [4.78, 5) is 29.1. The van der Waals surface area contributed by atoms with Gasteiger partial charge < -0.3 is 9.15 Å². The molecule has 0 spiro atoms. The molecule has 0 unspecified atom stereocenters. The van der Waals surface area contributed by atoms with E-state index in [2.05, 4.69) is 4.98 Å². The molecule has 154 valence electrons. The second-order valence-electron chi connectivity index (χ2n) is 6.97. The molecule has 0 saturated carbocycles. The first-order valence-corrected chi connectivity index (χ1v) is 10.0. The number of ether oxygens (including phenoxy) is 1. The number of carbonyl (C=O) groups is 1. The van der Waals surface area contributed by atoms with Crippen LogP contribution in [0.2, 0.25) is 0 Å². The highest BCUT2D eigenvalue weighted by atomic mass is 16.5. The molecule has 0 bridgehead atoms. The number of benzene rings is 2. The van der Waals surface area contributed by atoms with Crippen molar-refractivity contribution >= 4 is 17.0 Å². The Kier molecular flexibility index (Phi) is 5.79. The third-order valence-electron chi connectivity index (χ3n) is 4.88. The summed E-state index contributed by atoms with van der Waals surface area (Å²) in [5.41, 5.74) is 2.51. The van der Waals surface area contributed by atoms with Crippen molar-refractivity contribution in [3.8, 4) is 11.3 Å². The van der Waals surface area contributed by atoms with E-state index in [9.17, 15) is 9.59 Å². The minimum absolute atomic E-state index is 0.0435. The van der Waals surface area contributed by atoms with Crippen LogP contribution in [0.25, 0.3) is 22.4 Å². The van der Waals surface area contributed by atoms with Gasteiger partial charge in [-0.2, -0.15) is 0 Å². The normalized spacial score (nSPS) is 11.1. The molecule has 7 nitrogen and oxygen atoms in total. The van der Waals surface area contributed by atoms with Crippen LogP contribution in [0.4, 0.5) is 0 Å². The van der Waals surface area contributed by atoms with E-state index in [-0.39, 0.29) is 25.3 Å². The number of para-hydroxylation sites is 2. The molecule has 0 amide bonds. The van der Waals surface area contributed by atoms with Gasteiger partial charge in [-0.3, -0.25) is 13.9 Å². The lowest BCUT2D eigenvalue weighted by atomic mass is 10.2. The average molecular weight is 405 g/mol. The number of aromatic nitrogens is 3. The number of imidazole rings is 1. The molecule has 4 aromatic rings. The molecule has 0 radical (unpaired) electrons. The van der Waals surface area contributed by atoms with Crippen LogP contribution in [0.15, 0.2) is 70.0 Å². The van der Waals surface area contributed by atoms with E-state index in [4.69, 9.17) is 9.15 Å². The number of hydrogen-bond donors (Lipinski definition) is 0. The highest BCUT2D eigenvalue weighted by Crippen LogP contribution is 2.20. The number of esters is 1. The quantitative estimate of drug-likeness (QED) is 0.414. The van der Waals surface area contributed by atoms with Crippen molar-refractivity contribution < 1.29 is 13.9 Å². The van der Waals surface area contributed by atoms with Crippen molar-refractivity contribution in [3.05, 3.63) is 77.2 Å². The van der Waals surface area contributed by atoms with Gasteiger partial charge in [0, 0.05) is 18.7 Å². The van der Waals surface area contributed by atoms with Crippen LogP contribution >= 0.6 is 0 Å². The second kappa shape index (κ2) is 8.82. The molecule has 2 heterocycles. The molecule has 2 aromatic carbocycles. The van der Waals surface area contributed by atoms with E-state index in [0.29, 0.717) is 18.2 Å². The Hall–Kier alpha value is -3.61. The molecular weight excluding hydrogens is 382 g/mol. The molecule has 0 fully saturated rings. The van der Waals surface area contributed by atoms with Crippen LogP contribution in [-0.4, -0.2) is 20.1 Å². The van der Waals surface area contributed by atoms with E-state index >= 15 is 0 Å². The topological polar surface area (TPSA) is 79.3 Å². The van der Waals surface area contributed by atoms with Crippen LogP contribution < -0.4 is 5.69 Å². The molecule has 0 saturated heterocycles. The summed E-state index contributed by atoms with van der Waals surface area (Å²) in [7, 11) is 0. The highest BCUT2D eigenvalue weighted by Gasteiger charge is 2.14. The lowest BCUT2D eigenvalue weighted by Gasteiger charge is -2.04. The Balaban J connectivity index is 1.39. The summed E-state index contributed by atoms with van der Waals surface area (Å²) in [5, 5.41) is 0. The van der Waals surface area contributed by atoms with Gasteiger partial charge >= 0.3 is 11.7 Å².